The van der Waals surface area contributed by atoms with E-state index in [0.717, 1.165) is 31.4 Å². The lowest BCUT2D eigenvalue weighted by molar-refractivity contribution is -0.144. The van der Waals surface area contributed by atoms with Gasteiger partial charge >= 0.3 is 0 Å². The van der Waals surface area contributed by atoms with Crippen LogP contribution in [-0.4, -0.2) is 29.1 Å². The van der Waals surface area contributed by atoms with Gasteiger partial charge in [-0.2, -0.15) is 0 Å². The molecule has 1 fully saturated rings. The molecule has 0 atom stereocenters. The first-order valence-electron chi connectivity index (χ1n) is 6.32. The third kappa shape index (κ3) is 3.21. The van der Waals surface area contributed by atoms with Gasteiger partial charge in [-0.05, 0) is 31.4 Å². The van der Waals surface area contributed by atoms with E-state index in [-0.39, 0.29) is 5.91 Å². The van der Waals surface area contributed by atoms with E-state index in [0.29, 0.717) is 23.9 Å². The van der Waals surface area contributed by atoms with Gasteiger partial charge in [0, 0.05) is 17.8 Å². The molecule has 1 saturated heterocycles. The number of carbonyl (C=O) groups excluding carboxylic acids is 1. The average molecular weight is 269 g/mol. The zero-order valence-electron chi connectivity index (χ0n) is 10.5. The lowest BCUT2D eigenvalue weighted by Gasteiger charge is -2.26. The molecule has 0 spiro atoms. The van der Waals surface area contributed by atoms with Gasteiger partial charge in [-0.3, -0.25) is 9.63 Å². The van der Waals surface area contributed by atoms with E-state index in [2.05, 4.69) is 11.9 Å². The first kappa shape index (κ1) is 13.3. The lowest BCUT2D eigenvalue weighted by Crippen LogP contribution is -2.35. The molecule has 1 aromatic heterocycles. The van der Waals surface area contributed by atoms with E-state index in [4.69, 9.17) is 16.4 Å². The monoisotopic (exact) mass is 268 g/mol. The molecule has 1 amide bonds. The van der Waals surface area contributed by atoms with E-state index >= 15 is 0 Å². The molecule has 1 aliphatic rings. The number of hydrogen-bond donors (Lipinski definition) is 0. The number of halogens is 1. The SMILES string of the molecule is CCCc1cc(C(=O)N2CCCCO2)cc(Cl)n1. The standard InChI is InChI=1S/C13H17ClN2O2/c1-2-5-11-8-10(9-12(14)15-11)13(17)16-6-3-4-7-18-16/h8-9H,2-7H2,1H3. The second-order valence-electron chi connectivity index (χ2n) is 4.37. The van der Waals surface area contributed by atoms with Crippen molar-refractivity contribution < 1.29 is 9.63 Å². The normalized spacial score (nSPS) is 15.8. The molecule has 0 unspecified atom stereocenters. The Morgan fingerprint density at radius 1 is 1.50 bits per heavy atom. The van der Waals surface area contributed by atoms with E-state index < -0.39 is 0 Å². The summed E-state index contributed by atoms with van der Waals surface area (Å²) in [7, 11) is 0. The Kier molecular flexibility index (Phi) is 4.55. The molecule has 0 aromatic carbocycles. The molecule has 0 saturated carbocycles. The summed E-state index contributed by atoms with van der Waals surface area (Å²) in [4.78, 5) is 21.8. The minimum Gasteiger partial charge on any atom is -0.271 e. The third-order valence-corrected chi connectivity index (χ3v) is 3.02. The highest BCUT2D eigenvalue weighted by molar-refractivity contribution is 6.29. The van der Waals surface area contributed by atoms with E-state index in [1.165, 1.54) is 5.06 Å². The van der Waals surface area contributed by atoms with Gasteiger partial charge in [0.15, 0.2) is 0 Å². The summed E-state index contributed by atoms with van der Waals surface area (Å²) in [5.74, 6) is -0.128. The molecule has 98 valence electrons. The molecular formula is C13H17ClN2O2. The van der Waals surface area contributed by atoms with Crippen LogP contribution in [0.25, 0.3) is 0 Å². The topological polar surface area (TPSA) is 42.4 Å². The second kappa shape index (κ2) is 6.16. The van der Waals surface area contributed by atoms with Crippen LogP contribution in [0.1, 0.15) is 42.2 Å². The molecule has 0 aliphatic carbocycles. The summed E-state index contributed by atoms with van der Waals surface area (Å²) >= 11 is 5.95. The number of hydroxylamine groups is 2. The maximum absolute atomic E-state index is 12.2. The lowest BCUT2D eigenvalue weighted by atomic mass is 10.1. The van der Waals surface area contributed by atoms with Gasteiger partial charge in [-0.1, -0.05) is 24.9 Å². The molecule has 1 aliphatic heterocycles. The fourth-order valence-electron chi connectivity index (χ4n) is 1.96. The molecule has 0 N–H and O–H groups in total. The van der Waals surface area contributed by atoms with Crippen LogP contribution in [0, 0.1) is 0 Å². The number of rotatable bonds is 3. The van der Waals surface area contributed by atoms with Gasteiger partial charge in [0.05, 0.1) is 6.61 Å². The van der Waals surface area contributed by atoms with Crippen LogP contribution in [0.15, 0.2) is 12.1 Å². The van der Waals surface area contributed by atoms with Crippen LogP contribution in [-0.2, 0) is 11.3 Å². The van der Waals surface area contributed by atoms with Gasteiger partial charge in [-0.25, -0.2) is 10.0 Å². The Bertz CT molecular complexity index is 431. The van der Waals surface area contributed by atoms with Crippen LogP contribution in [0.3, 0.4) is 0 Å². The largest absolute Gasteiger partial charge is 0.277 e. The Hall–Kier alpha value is -1.13. The summed E-state index contributed by atoms with van der Waals surface area (Å²) in [5, 5.41) is 1.78. The minimum atomic E-state index is -0.128. The molecule has 4 nitrogen and oxygen atoms in total. The highest BCUT2D eigenvalue weighted by atomic mass is 35.5. The van der Waals surface area contributed by atoms with Crippen molar-refractivity contribution in [3.05, 3.63) is 28.5 Å². The highest BCUT2D eigenvalue weighted by Crippen LogP contribution is 2.16. The van der Waals surface area contributed by atoms with E-state index in [9.17, 15) is 4.79 Å². The number of amides is 1. The summed E-state index contributed by atoms with van der Waals surface area (Å²) in [6, 6.07) is 3.40. The zero-order chi connectivity index (χ0) is 13.0. The summed E-state index contributed by atoms with van der Waals surface area (Å²) in [5.41, 5.74) is 1.41. The first-order valence-corrected chi connectivity index (χ1v) is 6.69. The molecule has 2 rings (SSSR count). The van der Waals surface area contributed by atoms with Crippen molar-refractivity contribution in [1.29, 1.82) is 0 Å². The number of pyridine rings is 1. The zero-order valence-corrected chi connectivity index (χ0v) is 11.2. The van der Waals surface area contributed by atoms with Crippen molar-refractivity contribution in [2.45, 2.75) is 32.6 Å². The number of hydrogen-bond acceptors (Lipinski definition) is 3. The Labute approximate surface area is 112 Å². The van der Waals surface area contributed by atoms with Crippen molar-refractivity contribution in [1.82, 2.24) is 10.0 Å². The van der Waals surface area contributed by atoms with Crippen molar-refractivity contribution in [3.8, 4) is 0 Å². The maximum atomic E-state index is 12.2. The van der Waals surface area contributed by atoms with Crippen molar-refractivity contribution in [2.75, 3.05) is 13.2 Å². The second-order valence-corrected chi connectivity index (χ2v) is 4.75. The maximum Gasteiger partial charge on any atom is 0.277 e. The molecule has 1 aromatic rings. The van der Waals surface area contributed by atoms with Crippen LogP contribution in [0.2, 0.25) is 5.15 Å². The number of aromatic nitrogens is 1. The van der Waals surface area contributed by atoms with Crippen LogP contribution in [0.5, 0.6) is 0 Å². The first-order chi connectivity index (χ1) is 8.70. The number of aryl methyl sites for hydroxylation is 1. The highest BCUT2D eigenvalue weighted by Gasteiger charge is 2.20. The van der Waals surface area contributed by atoms with Gasteiger partial charge in [0.2, 0.25) is 0 Å². The predicted octanol–water partition coefficient (Wildman–Crippen LogP) is 2.86. The van der Waals surface area contributed by atoms with Gasteiger partial charge in [0.1, 0.15) is 5.15 Å². The molecule has 0 radical (unpaired) electrons. The van der Waals surface area contributed by atoms with Crippen molar-refractivity contribution in [2.24, 2.45) is 0 Å². The Morgan fingerprint density at radius 3 is 3.00 bits per heavy atom. The third-order valence-electron chi connectivity index (χ3n) is 2.83. The van der Waals surface area contributed by atoms with Crippen LogP contribution < -0.4 is 0 Å². The fourth-order valence-corrected chi connectivity index (χ4v) is 2.19. The van der Waals surface area contributed by atoms with Gasteiger partial charge in [-0.15, -0.1) is 0 Å². The Morgan fingerprint density at radius 2 is 2.33 bits per heavy atom. The predicted molar refractivity (Wildman–Crippen MR) is 69.5 cm³/mol. The Balaban J connectivity index is 2.18. The summed E-state index contributed by atoms with van der Waals surface area (Å²) < 4.78 is 0. The number of carbonyl (C=O) groups is 1. The fraction of sp³-hybridized carbons (Fsp3) is 0.538. The minimum absolute atomic E-state index is 0.128. The average Bonchev–Trinajstić information content (AvgIpc) is 2.38. The number of nitrogens with zero attached hydrogens (tertiary/aromatic N) is 2. The van der Waals surface area contributed by atoms with Gasteiger partial charge in [0.25, 0.3) is 5.91 Å². The quantitative estimate of drug-likeness (QED) is 0.792. The van der Waals surface area contributed by atoms with E-state index in [1.807, 2.05) is 0 Å². The smallest absolute Gasteiger partial charge is 0.271 e. The van der Waals surface area contributed by atoms with Gasteiger partial charge < -0.3 is 0 Å². The molecule has 0 bridgehead atoms. The summed E-state index contributed by atoms with van der Waals surface area (Å²) in [6.45, 7) is 3.31. The molecule has 5 heteroatoms. The summed E-state index contributed by atoms with van der Waals surface area (Å²) in [6.07, 6.45) is 3.78. The van der Waals surface area contributed by atoms with Crippen LogP contribution in [0.4, 0.5) is 0 Å². The van der Waals surface area contributed by atoms with Crippen molar-refractivity contribution >= 4 is 17.5 Å². The van der Waals surface area contributed by atoms with E-state index in [1.54, 1.807) is 12.1 Å². The molecule has 18 heavy (non-hydrogen) atoms. The van der Waals surface area contributed by atoms with Crippen molar-refractivity contribution in [3.63, 3.8) is 0 Å². The van der Waals surface area contributed by atoms with Crippen LogP contribution >= 0.6 is 11.6 Å². The molecule has 2 heterocycles. The molecular weight excluding hydrogens is 252 g/mol.